The van der Waals surface area contributed by atoms with Crippen LogP contribution in [0.25, 0.3) is 33.0 Å². The average molecular weight is 485 g/mol. The molecule has 2 aromatic heterocycles. The summed E-state index contributed by atoms with van der Waals surface area (Å²) in [6.45, 7) is 2.76. The number of aliphatic hydroxyl groups is 1. The van der Waals surface area contributed by atoms with Crippen molar-refractivity contribution in [1.82, 2.24) is 19.8 Å². The fourth-order valence-corrected chi connectivity index (χ4v) is 5.66. The molecule has 36 heavy (non-hydrogen) atoms. The van der Waals surface area contributed by atoms with Crippen LogP contribution in [0.3, 0.4) is 0 Å². The number of piperidine rings is 1. The summed E-state index contributed by atoms with van der Waals surface area (Å²) >= 11 is 0. The molecule has 4 N–H and O–H groups in total. The van der Waals surface area contributed by atoms with Crippen molar-refractivity contribution in [1.29, 1.82) is 0 Å². The highest BCUT2D eigenvalue weighted by molar-refractivity contribution is 6.50. The lowest BCUT2D eigenvalue weighted by atomic mass is 9.95. The van der Waals surface area contributed by atoms with Gasteiger partial charge in [-0.2, -0.15) is 0 Å². The van der Waals surface area contributed by atoms with Gasteiger partial charge in [0.05, 0.1) is 22.8 Å². The van der Waals surface area contributed by atoms with Gasteiger partial charge in [-0.3, -0.25) is 14.9 Å². The van der Waals surface area contributed by atoms with Crippen molar-refractivity contribution in [2.75, 3.05) is 19.6 Å². The quantitative estimate of drug-likeness (QED) is 0.314. The van der Waals surface area contributed by atoms with Crippen LogP contribution < -0.4 is 5.32 Å². The van der Waals surface area contributed by atoms with Crippen molar-refractivity contribution >= 4 is 44.8 Å². The van der Waals surface area contributed by atoms with Crippen molar-refractivity contribution in [2.24, 2.45) is 0 Å². The number of likely N-dealkylation sites (tertiary alicyclic amines) is 1. The molecule has 0 saturated carbocycles. The predicted molar refractivity (Wildman–Crippen MR) is 138 cm³/mol. The number of rotatable bonds is 6. The third-order valence-corrected chi connectivity index (χ3v) is 7.26. The van der Waals surface area contributed by atoms with Crippen LogP contribution >= 0.6 is 0 Å². The summed E-state index contributed by atoms with van der Waals surface area (Å²) in [6, 6.07) is 12.8. The molecule has 1 fully saturated rings. The number of para-hydroxylation sites is 2. The number of imide groups is 1. The topological polar surface area (TPSA) is 111 Å². The number of carbonyl (C=O) groups is 2. The lowest BCUT2D eigenvalue weighted by Crippen LogP contribution is -2.37. The number of aromatic amines is 1. The van der Waals surface area contributed by atoms with Crippen LogP contribution in [-0.4, -0.2) is 62.2 Å². The summed E-state index contributed by atoms with van der Waals surface area (Å²) in [4.78, 5) is 31.6. The Hall–Kier alpha value is -3.88. The number of phenolic OH excluding ortho intramolecular Hbond substituents is 1. The monoisotopic (exact) mass is 484 g/mol. The number of amides is 2. The average Bonchev–Trinajstić information content (AvgIpc) is 3.53. The number of nitrogens with zero attached hydrogens (tertiary/aromatic N) is 2. The highest BCUT2D eigenvalue weighted by Crippen LogP contribution is 2.40. The summed E-state index contributed by atoms with van der Waals surface area (Å²) < 4.78 is 1.80. The molecule has 8 nitrogen and oxygen atoms in total. The first-order valence-corrected chi connectivity index (χ1v) is 12.4. The van der Waals surface area contributed by atoms with Crippen LogP contribution in [0, 0.1) is 0 Å². The Morgan fingerprint density at radius 3 is 2.39 bits per heavy atom. The summed E-state index contributed by atoms with van der Waals surface area (Å²) in [5.41, 5.74) is 3.17. The van der Waals surface area contributed by atoms with Gasteiger partial charge in [0.15, 0.2) is 0 Å². The molecule has 6 rings (SSSR count). The molecule has 0 bridgehead atoms. The van der Waals surface area contributed by atoms with E-state index >= 15 is 0 Å². The van der Waals surface area contributed by atoms with Crippen LogP contribution in [0.5, 0.6) is 5.75 Å². The second-order valence-corrected chi connectivity index (χ2v) is 9.66. The van der Waals surface area contributed by atoms with Crippen LogP contribution in [0.4, 0.5) is 0 Å². The maximum Gasteiger partial charge on any atom is 0.259 e. The standard InChI is InChI=1S/C28H28N4O4/c33-17(14-31-11-4-1-5-12-31)15-32-16-21(19-8-6-10-23(34)26(19)32)25-24(27(35)30-28(25)36)20-13-29-22-9-3-2-7-18(20)22/h2-3,6-10,13,16-17,29,33-34H,1,4-5,11-12,14-15H2,(H,30,35,36). The fraction of sp³-hybridized carbons (Fsp3) is 0.286. The predicted octanol–water partition coefficient (Wildman–Crippen LogP) is 3.24. The molecule has 2 aliphatic heterocycles. The maximum absolute atomic E-state index is 13.1. The van der Waals surface area contributed by atoms with Gasteiger partial charge in [-0.1, -0.05) is 36.8 Å². The number of carbonyl (C=O) groups excluding carboxylic acids is 2. The van der Waals surface area contributed by atoms with E-state index in [4.69, 9.17) is 0 Å². The molecule has 8 heteroatoms. The number of β-amino-alcohol motifs (C(OH)–C–C–N with tert-alkyl or cyclic N) is 1. The van der Waals surface area contributed by atoms with Gasteiger partial charge in [-0.05, 0) is 38.1 Å². The van der Waals surface area contributed by atoms with Crippen molar-refractivity contribution in [3.8, 4) is 5.75 Å². The van der Waals surface area contributed by atoms with Gasteiger partial charge < -0.3 is 24.7 Å². The second-order valence-electron chi connectivity index (χ2n) is 9.66. The zero-order chi connectivity index (χ0) is 24.8. The van der Waals surface area contributed by atoms with Gasteiger partial charge in [0.25, 0.3) is 11.8 Å². The Balaban J connectivity index is 1.47. The molecule has 2 amide bonds. The van der Waals surface area contributed by atoms with E-state index in [9.17, 15) is 19.8 Å². The zero-order valence-electron chi connectivity index (χ0n) is 19.8. The smallest absolute Gasteiger partial charge is 0.259 e. The van der Waals surface area contributed by atoms with E-state index in [0.29, 0.717) is 34.1 Å². The lowest BCUT2D eigenvalue weighted by Gasteiger charge is -2.28. The number of fused-ring (bicyclic) bond motifs is 2. The molecule has 2 aliphatic rings. The number of hydrogen-bond donors (Lipinski definition) is 4. The number of benzene rings is 2. The molecule has 0 spiro atoms. The minimum Gasteiger partial charge on any atom is -0.506 e. The number of hydrogen-bond acceptors (Lipinski definition) is 5. The van der Waals surface area contributed by atoms with E-state index in [-0.39, 0.29) is 17.9 Å². The number of nitrogens with one attached hydrogen (secondary N) is 2. The molecule has 4 aromatic rings. The summed E-state index contributed by atoms with van der Waals surface area (Å²) in [7, 11) is 0. The van der Waals surface area contributed by atoms with Gasteiger partial charge >= 0.3 is 0 Å². The van der Waals surface area contributed by atoms with Gasteiger partial charge in [0.1, 0.15) is 5.75 Å². The fourth-order valence-electron chi connectivity index (χ4n) is 5.66. The molecule has 2 aromatic carbocycles. The third-order valence-electron chi connectivity index (χ3n) is 7.26. The first-order chi connectivity index (χ1) is 17.5. The van der Waals surface area contributed by atoms with Crippen LogP contribution in [-0.2, 0) is 16.1 Å². The van der Waals surface area contributed by atoms with Crippen molar-refractivity contribution in [3.63, 3.8) is 0 Å². The number of H-pyrrole nitrogens is 1. The molecule has 0 aliphatic carbocycles. The molecule has 4 heterocycles. The second kappa shape index (κ2) is 8.96. The molecular formula is C28H28N4O4. The Bertz CT molecular complexity index is 1520. The van der Waals surface area contributed by atoms with E-state index in [2.05, 4.69) is 15.2 Å². The summed E-state index contributed by atoms with van der Waals surface area (Å²) in [6.07, 6.45) is 6.37. The normalized spacial score (nSPS) is 17.9. The minimum absolute atomic E-state index is 0.0582. The van der Waals surface area contributed by atoms with Crippen LogP contribution in [0.15, 0.2) is 54.9 Å². The molecule has 1 saturated heterocycles. The molecule has 1 unspecified atom stereocenters. The number of aromatic nitrogens is 2. The highest BCUT2D eigenvalue weighted by Gasteiger charge is 2.35. The van der Waals surface area contributed by atoms with Gasteiger partial charge in [-0.25, -0.2) is 0 Å². The van der Waals surface area contributed by atoms with Crippen LogP contribution in [0.1, 0.15) is 30.4 Å². The highest BCUT2D eigenvalue weighted by atomic mass is 16.3. The van der Waals surface area contributed by atoms with Gasteiger partial charge in [0, 0.05) is 52.9 Å². The zero-order valence-corrected chi connectivity index (χ0v) is 19.8. The minimum atomic E-state index is -0.646. The Morgan fingerprint density at radius 1 is 0.861 bits per heavy atom. The van der Waals surface area contributed by atoms with E-state index in [1.54, 1.807) is 29.1 Å². The lowest BCUT2D eigenvalue weighted by molar-refractivity contribution is -0.122. The SMILES string of the molecule is O=C1NC(=O)C(c2cn(CC(O)CN3CCCCC3)c3c(O)cccc23)=C1c1c[nH]c2ccccc12. The van der Waals surface area contributed by atoms with E-state index in [0.717, 1.165) is 36.8 Å². The van der Waals surface area contributed by atoms with Crippen molar-refractivity contribution in [2.45, 2.75) is 31.9 Å². The van der Waals surface area contributed by atoms with Gasteiger partial charge in [-0.15, -0.1) is 0 Å². The third kappa shape index (κ3) is 3.79. The van der Waals surface area contributed by atoms with Crippen molar-refractivity contribution in [3.05, 3.63) is 66.0 Å². The van der Waals surface area contributed by atoms with E-state index in [1.807, 2.05) is 30.3 Å². The first kappa shape index (κ1) is 22.6. The van der Waals surface area contributed by atoms with E-state index < -0.39 is 17.9 Å². The van der Waals surface area contributed by atoms with Crippen molar-refractivity contribution < 1.29 is 19.8 Å². The Kier molecular flexibility index (Phi) is 5.62. The van der Waals surface area contributed by atoms with E-state index in [1.165, 1.54) is 6.42 Å². The maximum atomic E-state index is 13.1. The van der Waals surface area contributed by atoms with Crippen LogP contribution in [0.2, 0.25) is 0 Å². The summed E-state index contributed by atoms with van der Waals surface area (Å²) in [5, 5.41) is 25.6. The molecule has 0 radical (unpaired) electrons. The molecule has 1 atom stereocenters. The number of phenols is 1. The Morgan fingerprint density at radius 2 is 1.58 bits per heavy atom. The number of aliphatic hydroxyl groups excluding tert-OH is 1. The summed E-state index contributed by atoms with van der Waals surface area (Å²) in [5.74, 6) is -0.870. The molecule has 184 valence electrons. The largest absolute Gasteiger partial charge is 0.506 e. The molecular weight excluding hydrogens is 456 g/mol. The number of aromatic hydroxyl groups is 1. The van der Waals surface area contributed by atoms with Gasteiger partial charge in [0.2, 0.25) is 0 Å². The first-order valence-electron chi connectivity index (χ1n) is 12.4. The Labute approximate surface area is 207 Å².